The van der Waals surface area contributed by atoms with Crippen molar-refractivity contribution in [3.05, 3.63) is 29.8 Å². The number of unbranched alkanes of at least 4 members (excludes halogenated alkanes) is 1. The Kier molecular flexibility index (Phi) is 7.35. The van der Waals surface area contributed by atoms with Crippen LogP contribution < -0.4 is 5.32 Å². The van der Waals surface area contributed by atoms with Gasteiger partial charge in [0, 0.05) is 24.7 Å². The third-order valence-electron chi connectivity index (χ3n) is 6.04. The van der Waals surface area contributed by atoms with Crippen LogP contribution in [0.2, 0.25) is 0 Å². The summed E-state index contributed by atoms with van der Waals surface area (Å²) in [5.74, 6) is 0.444. The van der Waals surface area contributed by atoms with E-state index in [4.69, 9.17) is 4.74 Å². The van der Waals surface area contributed by atoms with Gasteiger partial charge in [0.15, 0.2) is 0 Å². The fourth-order valence-electron chi connectivity index (χ4n) is 4.54. The molecule has 0 aromatic heterocycles. The third kappa shape index (κ3) is 5.38. The molecule has 1 heterocycles. The molecule has 1 saturated carbocycles. The van der Waals surface area contributed by atoms with Gasteiger partial charge in [0.05, 0.1) is 17.1 Å². The Hall–Kier alpha value is -1.44. The molecule has 3 rings (SSSR count). The minimum atomic E-state index is -3.59. The standard InChI is InChI=1S/C22H34N2O4S/c1-4-5-7-18-8-6-9-21(18)23-22(25)19-10-12-20(13-11-19)29(26,27)24-14-16(2)28-17(3)15-24/h10-13,16-18,21H,4-9,14-15H2,1-3H3,(H,23,25). The number of hydrogen-bond donors (Lipinski definition) is 1. The van der Waals surface area contributed by atoms with Gasteiger partial charge in [-0.2, -0.15) is 4.31 Å². The number of sulfonamides is 1. The van der Waals surface area contributed by atoms with Crippen molar-refractivity contribution < 1.29 is 17.9 Å². The largest absolute Gasteiger partial charge is 0.373 e. The number of carbonyl (C=O) groups excluding carboxylic acids is 1. The van der Waals surface area contributed by atoms with Gasteiger partial charge in [-0.05, 0) is 63.3 Å². The highest BCUT2D eigenvalue weighted by molar-refractivity contribution is 7.89. The summed E-state index contributed by atoms with van der Waals surface area (Å²) in [6, 6.07) is 6.54. The van der Waals surface area contributed by atoms with E-state index in [-0.39, 0.29) is 29.1 Å². The van der Waals surface area contributed by atoms with Crippen LogP contribution in [0.4, 0.5) is 0 Å². The first-order valence-corrected chi connectivity index (χ1v) is 12.3. The van der Waals surface area contributed by atoms with Crippen molar-refractivity contribution in [2.45, 2.75) is 82.4 Å². The van der Waals surface area contributed by atoms with Gasteiger partial charge < -0.3 is 10.1 Å². The van der Waals surface area contributed by atoms with E-state index in [1.807, 2.05) is 13.8 Å². The van der Waals surface area contributed by atoms with E-state index >= 15 is 0 Å². The SMILES string of the molecule is CCCCC1CCCC1NC(=O)c1ccc(S(=O)(=O)N2CC(C)OC(C)C2)cc1. The molecule has 1 N–H and O–H groups in total. The van der Waals surface area contributed by atoms with E-state index < -0.39 is 10.0 Å². The Labute approximate surface area is 175 Å². The lowest BCUT2D eigenvalue weighted by Gasteiger charge is -2.34. The molecule has 1 amide bonds. The van der Waals surface area contributed by atoms with Crippen LogP contribution in [-0.2, 0) is 14.8 Å². The van der Waals surface area contributed by atoms with Gasteiger partial charge in [0.1, 0.15) is 0 Å². The van der Waals surface area contributed by atoms with Crippen molar-refractivity contribution in [3.63, 3.8) is 0 Å². The lowest BCUT2D eigenvalue weighted by Crippen LogP contribution is -2.48. The highest BCUT2D eigenvalue weighted by Gasteiger charge is 2.32. The van der Waals surface area contributed by atoms with E-state index in [9.17, 15) is 13.2 Å². The highest BCUT2D eigenvalue weighted by Crippen LogP contribution is 2.30. The van der Waals surface area contributed by atoms with Gasteiger partial charge in [0.25, 0.3) is 5.91 Å². The summed E-state index contributed by atoms with van der Waals surface area (Å²) in [6.07, 6.45) is 6.63. The van der Waals surface area contributed by atoms with Gasteiger partial charge in [-0.1, -0.05) is 26.2 Å². The number of rotatable bonds is 7. The third-order valence-corrected chi connectivity index (χ3v) is 7.89. The molecule has 1 aromatic rings. The van der Waals surface area contributed by atoms with E-state index in [1.54, 1.807) is 12.1 Å². The molecule has 162 valence electrons. The predicted molar refractivity (Wildman–Crippen MR) is 113 cm³/mol. The monoisotopic (exact) mass is 422 g/mol. The Morgan fingerprint density at radius 2 is 1.79 bits per heavy atom. The Morgan fingerprint density at radius 3 is 2.41 bits per heavy atom. The second kappa shape index (κ2) is 9.58. The van der Waals surface area contributed by atoms with Crippen LogP contribution in [-0.4, -0.2) is 50.0 Å². The molecule has 4 atom stereocenters. The first-order chi connectivity index (χ1) is 13.8. The fourth-order valence-corrected chi connectivity index (χ4v) is 6.14. The van der Waals surface area contributed by atoms with Crippen molar-refractivity contribution in [2.75, 3.05) is 13.1 Å². The first-order valence-electron chi connectivity index (χ1n) is 10.9. The van der Waals surface area contributed by atoms with Gasteiger partial charge in [-0.3, -0.25) is 4.79 Å². The number of nitrogens with zero attached hydrogens (tertiary/aromatic N) is 1. The minimum absolute atomic E-state index is 0.115. The summed E-state index contributed by atoms with van der Waals surface area (Å²) in [6.45, 7) is 6.63. The van der Waals surface area contributed by atoms with E-state index in [0.29, 0.717) is 24.6 Å². The van der Waals surface area contributed by atoms with Crippen molar-refractivity contribution in [2.24, 2.45) is 5.92 Å². The molecule has 1 aliphatic carbocycles. The molecule has 2 aliphatic rings. The van der Waals surface area contributed by atoms with Crippen LogP contribution in [0.25, 0.3) is 0 Å². The molecule has 4 unspecified atom stereocenters. The van der Waals surface area contributed by atoms with E-state index in [0.717, 1.165) is 19.3 Å². The van der Waals surface area contributed by atoms with E-state index in [2.05, 4.69) is 12.2 Å². The summed E-state index contributed by atoms with van der Waals surface area (Å²) >= 11 is 0. The number of morpholine rings is 1. The molecule has 0 spiro atoms. The molecule has 29 heavy (non-hydrogen) atoms. The molecule has 0 bridgehead atoms. The molecular formula is C22H34N2O4S. The first kappa shape index (κ1) is 22.2. The average Bonchev–Trinajstić information content (AvgIpc) is 3.12. The second-order valence-electron chi connectivity index (χ2n) is 8.52. The number of ether oxygens (including phenoxy) is 1. The van der Waals surface area contributed by atoms with Crippen molar-refractivity contribution >= 4 is 15.9 Å². The zero-order valence-corrected chi connectivity index (χ0v) is 18.6. The fraction of sp³-hybridized carbons (Fsp3) is 0.682. The van der Waals surface area contributed by atoms with Crippen LogP contribution in [0.5, 0.6) is 0 Å². The maximum atomic E-state index is 13.0. The van der Waals surface area contributed by atoms with Crippen molar-refractivity contribution in [1.29, 1.82) is 0 Å². The number of amides is 1. The van der Waals surface area contributed by atoms with Crippen LogP contribution in [0.15, 0.2) is 29.2 Å². The van der Waals surface area contributed by atoms with E-state index in [1.165, 1.54) is 35.7 Å². The molecule has 1 saturated heterocycles. The van der Waals surface area contributed by atoms with Gasteiger partial charge >= 0.3 is 0 Å². The smallest absolute Gasteiger partial charge is 0.251 e. The van der Waals surface area contributed by atoms with Crippen LogP contribution in [0, 0.1) is 5.92 Å². The zero-order valence-electron chi connectivity index (χ0n) is 17.8. The summed E-state index contributed by atoms with van der Waals surface area (Å²) in [7, 11) is -3.59. The minimum Gasteiger partial charge on any atom is -0.373 e. The normalized spacial score (nSPS) is 28.4. The lowest BCUT2D eigenvalue weighted by atomic mass is 9.96. The second-order valence-corrected chi connectivity index (χ2v) is 10.5. The quantitative estimate of drug-likeness (QED) is 0.729. The molecule has 6 nitrogen and oxygen atoms in total. The summed E-state index contributed by atoms with van der Waals surface area (Å²) < 4.78 is 33.0. The molecule has 2 fully saturated rings. The lowest BCUT2D eigenvalue weighted by molar-refractivity contribution is -0.0440. The van der Waals surface area contributed by atoms with Crippen LogP contribution in [0.3, 0.4) is 0 Å². The molecule has 0 radical (unpaired) electrons. The van der Waals surface area contributed by atoms with Crippen LogP contribution >= 0.6 is 0 Å². The predicted octanol–water partition coefficient (Wildman–Crippen LogP) is 3.57. The van der Waals surface area contributed by atoms with Gasteiger partial charge in [0.2, 0.25) is 10.0 Å². The molecular weight excluding hydrogens is 388 g/mol. The number of carbonyl (C=O) groups is 1. The van der Waals surface area contributed by atoms with Crippen LogP contribution in [0.1, 0.15) is 69.7 Å². The average molecular weight is 423 g/mol. The molecule has 7 heteroatoms. The number of hydrogen-bond acceptors (Lipinski definition) is 4. The van der Waals surface area contributed by atoms with Gasteiger partial charge in [-0.15, -0.1) is 0 Å². The summed E-state index contributed by atoms with van der Waals surface area (Å²) in [5, 5.41) is 3.17. The zero-order chi connectivity index (χ0) is 21.0. The maximum Gasteiger partial charge on any atom is 0.251 e. The Balaban J connectivity index is 1.65. The number of benzene rings is 1. The van der Waals surface area contributed by atoms with Crippen molar-refractivity contribution in [1.82, 2.24) is 9.62 Å². The summed E-state index contributed by atoms with van der Waals surface area (Å²) in [4.78, 5) is 12.9. The van der Waals surface area contributed by atoms with Crippen molar-refractivity contribution in [3.8, 4) is 0 Å². The highest BCUT2D eigenvalue weighted by atomic mass is 32.2. The maximum absolute atomic E-state index is 13.0. The topological polar surface area (TPSA) is 75.7 Å². The molecule has 1 aliphatic heterocycles. The Bertz CT molecular complexity index is 784. The number of nitrogens with one attached hydrogen (secondary N) is 1. The summed E-state index contributed by atoms with van der Waals surface area (Å²) in [5.41, 5.74) is 0.508. The molecule has 1 aromatic carbocycles. The Morgan fingerprint density at radius 1 is 1.14 bits per heavy atom. The van der Waals surface area contributed by atoms with Gasteiger partial charge in [-0.25, -0.2) is 8.42 Å².